The number of allylic oxidation sites excluding steroid dienone is 3. The van der Waals surface area contributed by atoms with E-state index in [1.54, 1.807) is 0 Å². The van der Waals surface area contributed by atoms with Crippen LogP contribution in [0.15, 0.2) is 53.2 Å². The maximum absolute atomic E-state index is 12.6. The van der Waals surface area contributed by atoms with Gasteiger partial charge in [0.25, 0.3) is 5.91 Å². The maximum atomic E-state index is 12.6. The van der Waals surface area contributed by atoms with Crippen LogP contribution in [0.2, 0.25) is 5.02 Å². The summed E-state index contributed by atoms with van der Waals surface area (Å²) >= 11 is 5.69. The number of hydrazone groups is 1. The number of hydrogen-bond acceptors (Lipinski definition) is 3. The summed E-state index contributed by atoms with van der Waals surface area (Å²) in [4.78, 5) is 23.0. The van der Waals surface area contributed by atoms with Gasteiger partial charge in [-0.3, -0.25) is 9.59 Å². The molecule has 5 nitrogen and oxygen atoms in total. The van der Waals surface area contributed by atoms with Crippen molar-refractivity contribution in [2.24, 2.45) is 11.0 Å². The number of nitrogens with zero attached hydrogens (tertiary/aromatic N) is 1. The molecule has 0 aromatic heterocycles. The summed E-state index contributed by atoms with van der Waals surface area (Å²) in [6.45, 7) is 0. The second-order valence-electron chi connectivity index (χ2n) is 4.75. The summed E-state index contributed by atoms with van der Waals surface area (Å²) in [5.74, 6) is -3.78. The Morgan fingerprint density at radius 3 is 2.33 bits per heavy atom. The first-order chi connectivity index (χ1) is 11.2. The van der Waals surface area contributed by atoms with E-state index < -0.39 is 29.5 Å². The van der Waals surface area contributed by atoms with Crippen LogP contribution in [0.3, 0.4) is 0 Å². The van der Waals surface area contributed by atoms with Crippen LogP contribution in [0, 0.1) is 5.92 Å². The summed E-state index contributed by atoms with van der Waals surface area (Å²) in [6.07, 6.45) is -2.52. The highest BCUT2D eigenvalue weighted by Gasteiger charge is 2.36. The molecule has 0 fully saturated rings. The van der Waals surface area contributed by atoms with Crippen molar-refractivity contribution >= 4 is 29.2 Å². The zero-order chi connectivity index (χ0) is 17.9. The fourth-order valence-electron chi connectivity index (χ4n) is 1.87. The molecule has 9 heteroatoms. The molecule has 1 aromatic rings. The van der Waals surface area contributed by atoms with Crippen molar-refractivity contribution in [2.75, 3.05) is 0 Å². The molecular weight excluding hydrogens is 349 g/mol. The van der Waals surface area contributed by atoms with Crippen LogP contribution in [0.5, 0.6) is 0 Å². The average molecular weight is 359 g/mol. The van der Waals surface area contributed by atoms with E-state index in [2.05, 4.69) is 10.5 Å². The minimum absolute atomic E-state index is 0.210. The number of amides is 1. The number of halogens is 4. The fraction of sp³-hybridized carbons (Fsp3) is 0.133. The van der Waals surface area contributed by atoms with Crippen LogP contribution in [0.1, 0.15) is 10.4 Å². The molecule has 2 rings (SSSR count). The van der Waals surface area contributed by atoms with Gasteiger partial charge >= 0.3 is 12.1 Å². The highest BCUT2D eigenvalue weighted by Crippen LogP contribution is 2.30. The Balaban J connectivity index is 2.18. The zero-order valence-electron chi connectivity index (χ0n) is 11.8. The Labute approximate surface area is 139 Å². The van der Waals surface area contributed by atoms with Gasteiger partial charge in [-0.25, -0.2) is 5.43 Å². The van der Waals surface area contributed by atoms with E-state index in [1.165, 1.54) is 24.3 Å². The molecule has 1 aliphatic carbocycles. The van der Waals surface area contributed by atoms with Crippen LogP contribution < -0.4 is 5.43 Å². The van der Waals surface area contributed by atoms with Crippen LogP contribution in [-0.2, 0) is 4.79 Å². The number of carbonyl (C=O) groups excluding carboxylic acids is 1. The summed E-state index contributed by atoms with van der Waals surface area (Å²) in [5.41, 5.74) is 1.01. The summed E-state index contributed by atoms with van der Waals surface area (Å²) in [6, 6.07) is 5.79. The molecule has 0 saturated carbocycles. The molecule has 0 spiro atoms. The van der Waals surface area contributed by atoms with Crippen molar-refractivity contribution in [1.82, 2.24) is 5.43 Å². The van der Waals surface area contributed by atoms with Crippen molar-refractivity contribution < 1.29 is 27.9 Å². The predicted octanol–water partition coefficient (Wildman–Crippen LogP) is 3.19. The smallest absolute Gasteiger partial charge is 0.416 e. The Hall–Kier alpha value is -2.61. The monoisotopic (exact) mass is 358 g/mol. The van der Waals surface area contributed by atoms with E-state index >= 15 is 0 Å². The third-order valence-corrected chi connectivity index (χ3v) is 3.34. The molecule has 2 N–H and O–H groups in total. The van der Waals surface area contributed by atoms with E-state index in [9.17, 15) is 22.8 Å². The van der Waals surface area contributed by atoms with E-state index in [1.807, 2.05) is 0 Å². The SMILES string of the molecule is O=C(NN=C1C=CC(C(F)(F)F)=CC1C(=O)O)c1ccc(Cl)cc1. The van der Waals surface area contributed by atoms with Gasteiger partial charge in [0.05, 0.1) is 11.3 Å². The lowest BCUT2D eigenvalue weighted by atomic mass is 9.94. The molecule has 1 atom stereocenters. The number of rotatable bonds is 3. The minimum atomic E-state index is -4.66. The van der Waals surface area contributed by atoms with Gasteiger partial charge < -0.3 is 5.11 Å². The number of aliphatic carboxylic acids is 1. The van der Waals surface area contributed by atoms with Crippen LogP contribution in [0.25, 0.3) is 0 Å². The van der Waals surface area contributed by atoms with Crippen molar-refractivity contribution in [2.45, 2.75) is 6.18 Å². The van der Waals surface area contributed by atoms with Gasteiger partial charge in [-0.05, 0) is 36.4 Å². The standard InChI is InChI=1S/C15H10ClF3N2O3/c16-10-4-1-8(2-5-10)13(22)21-20-12-6-3-9(15(17,18)19)7-11(12)14(23)24/h1-7,11H,(H,21,22)(H,23,24). The molecule has 0 heterocycles. The molecule has 1 aliphatic rings. The molecule has 126 valence electrons. The summed E-state index contributed by atoms with van der Waals surface area (Å²) in [5, 5.41) is 13.1. The Morgan fingerprint density at radius 1 is 1.17 bits per heavy atom. The third-order valence-electron chi connectivity index (χ3n) is 3.08. The lowest BCUT2D eigenvalue weighted by Crippen LogP contribution is -2.29. The van der Waals surface area contributed by atoms with E-state index in [0.29, 0.717) is 17.2 Å². The van der Waals surface area contributed by atoms with Gasteiger partial charge in [0.1, 0.15) is 5.92 Å². The minimum Gasteiger partial charge on any atom is -0.481 e. The number of benzene rings is 1. The predicted molar refractivity (Wildman–Crippen MR) is 80.8 cm³/mol. The van der Waals surface area contributed by atoms with E-state index in [4.69, 9.17) is 16.7 Å². The molecular formula is C15H10ClF3N2O3. The van der Waals surface area contributed by atoms with Gasteiger partial charge in [-0.15, -0.1) is 0 Å². The molecule has 1 amide bonds. The molecule has 0 bridgehead atoms. The second-order valence-corrected chi connectivity index (χ2v) is 5.19. The maximum Gasteiger partial charge on any atom is 0.416 e. The van der Waals surface area contributed by atoms with E-state index in [-0.39, 0.29) is 11.3 Å². The first kappa shape index (κ1) is 17.7. The number of carbonyl (C=O) groups is 2. The molecule has 0 radical (unpaired) electrons. The van der Waals surface area contributed by atoms with Crippen LogP contribution in [0.4, 0.5) is 13.2 Å². The Bertz CT molecular complexity index is 752. The number of nitrogens with one attached hydrogen (secondary N) is 1. The Morgan fingerprint density at radius 2 is 1.79 bits per heavy atom. The van der Waals surface area contributed by atoms with Crippen molar-refractivity contribution in [3.05, 3.63) is 58.7 Å². The highest BCUT2D eigenvalue weighted by atomic mass is 35.5. The number of alkyl halides is 3. The van der Waals surface area contributed by atoms with Crippen molar-refractivity contribution in [3.8, 4) is 0 Å². The topological polar surface area (TPSA) is 78.8 Å². The summed E-state index contributed by atoms with van der Waals surface area (Å²) in [7, 11) is 0. The van der Waals surface area contributed by atoms with Crippen molar-refractivity contribution in [1.29, 1.82) is 0 Å². The van der Waals surface area contributed by atoms with Gasteiger partial charge in [0.2, 0.25) is 0 Å². The lowest BCUT2D eigenvalue weighted by Gasteiger charge is -2.17. The third kappa shape index (κ3) is 4.23. The van der Waals surface area contributed by atoms with Crippen LogP contribution in [-0.4, -0.2) is 28.9 Å². The lowest BCUT2D eigenvalue weighted by molar-refractivity contribution is -0.138. The highest BCUT2D eigenvalue weighted by molar-refractivity contribution is 6.30. The number of carboxylic acid groups (broad SMARTS) is 1. The second kappa shape index (κ2) is 6.88. The molecule has 1 unspecified atom stereocenters. The molecule has 24 heavy (non-hydrogen) atoms. The van der Waals surface area contributed by atoms with Gasteiger partial charge in [0, 0.05) is 10.6 Å². The number of carboxylic acids is 1. The van der Waals surface area contributed by atoms with Gasteiger partial charge in [-0.1, -0.05) is 17.7 Å². The quantitative estimate of drug-likeness (QED) is 0.814. The first-order valence-corrected chi connectivity index (χ1v) is 6.89. The van der Waals surface area contributed by atoms with Gasteiger partial charge in [-0.2, -0.15) is 18.3 Å². The zero-order valence-corrected chi connectivity index (χ0v) is 12.6. The molecule has 1 aromatic carbocycles. The van der Waals surface area contributed by atoms with E-state index in [0.717, 1.165) is 6.08 Å². The van der Waals surface area contributed by atoms with Crippen molar-refractivity contribution in [3.63, 3.8) is 0 Å². The number of hydrogen-bond donors (Lipinski definition) is 2. The average Bonchev–Trinajstić information content (AvgIpc) is 2.52. The largest absolute Gasteiger partial charge is 0.481 e. The van der Waals surface area contributed by atoms with Gasteiger partial charge in [0.15, 0.2) is 0 Å². The summed E-state index contributed by atoms with van der Waals surface area (Å²) < 4.78 is 37.9. The Kier molecular flexibility index (Phi) is 5.08. The first-order valence-electron chi connectivity index (χ1n) is 6.52. The molecule has 0 aliphatic heterocycles. The molecule has 0 saturated heterocycles. The fourth-order valence-corrected chi connectivity index (χ4v) is 2.00. The van der Waals surface area contributed by atoms with Crippen LogP contribution >= 0.6 is 11.6 Å². The normalized spacial score (nSPS) is 19.1.